The number of rotatable bonds is 5. The number of carboxylic acids is 1. The minimum atomic E-state index is -1.21. The predicted octanol–water partition coefficient (Wildman–Crippen LogP) is 6.51. The van der Waals surface area contributed by atoms with E-state index in [4.69, 9.17) is 9.52 Å². The lowest BCUT2D eigenvalue weighted by Crippen LogP contribution is -2.18. The van der Waals surface area contributed by atoms with Crippen molar-refractivity contribution in [2.75, 3.05) is 0 Å². The molecular formula is C28H28N4O5. The Morgan fingerprint density at radius 1 is 1.03 bits per heavy atom. The number of hydrogen-bond donors (Lipinski definition) is 3. The summed E-state index contributed by atoms with van der Waals surface area (Å²) in [6.07, 6.45) is 1.02. The van der Waals surface area contributed by atoms with Crippen LogP contribution in [0.25, 0.3) is 17.0 Å². The number of fused-ring (bicyclic) bond motifs is 1. The Morgan fingerprint density at radius 3 is 2.46 bits per heavy atom. The van der Waals surface area contributed by atoms with Crippen molar-refractivity contribution in [3.8, 4) is 22.8 Å². The van der Waals surface area contributed by atoms with E-state index in [1.807, 2.05) is 6.07 Å². The van der Waals surface area contributed by atoms with Crippen molar-refractivity contribution in [3.05, 3.63) is 81.5 Å². The van der Waals surface area contributed by atoms with Gasteiger partial charge in [0.25, 0.3) is 5.56 Å². The van der Waals surface area contributed by atoms with Crippen LogP contribution in [-0.2, 0) is 10.8 Å². The zero-order chi connectivity index (χ0) is 26.7. The van der Waals surface area contributed by atoms with Gasteiger partial charge in [-0.05, 0) is 71.7 Å². The Hall–Kier alpha value is -4.40. The number of azo groups is 1. The number of nitrogens with zero attached hydrogens (tertiary/aromatic N) is 3. The van der Waals surface area contributed by atoms with Gasteiger partial charge in [0.1, 0.15) is 11.4 Å². The van der Waals surface area contributed by atoms with E-state index < -0.39 is 5.97 Å². The van der Waals surface area contributed by atoms with Crippen molar-refractivity contribution in [2.24, 2.45) is 10.2 Å². The number of aromatic hydroxyl groups is 1. The lowest BCUT2D eigenvalue weighted by atomic mass is 9.82. The molecule has 2 heterocycles. The molecule has 0 aliphatic heterocycles. The van der Waals surface area contributed by atoms with Crippen molar-refractivity contribution in [1.82, 2.24) is 9.78 Å². The van der Waals surface area contributed by atoms with Crippen LogP contribution in [0.2, 0.25) is 0 Å². The molecule has 0 bridgehead atoms. The minimum Gasteiger partial charge on any atom is -0.505 e. The van der Waals surface area contributed by atoms with Crippen LogP contribution < -0.4 is 5.56 Å². The Kier molecular flexibility index (Phi) is 5.47. The average Bonchev–Trinajstić information content (AvgIpc) is 3.47. The molecule has 0 atom stereocenters. The summed E-state index contributed by atoms with van der Waals surface area (Å²) in [5.74, 6) is -1.52. The van der Waals surface area contributed by atoms with Gasteiger partial charge in [-0.25, -0.2) is 9.48 Å². The molecule has 0 unspecified atom stereocenters. The van der Waals surface area contributed by atoms with E-state index in [9.17, 15) is 14.7 Å². The van der Waals surface area contributed by atoms with Crippen LogP contribution in [0.15, 0.2) is 68.0 Å². The van der Waals surface area contributed by atoms with Crippen LogP contribution in [0.4, 0.5) is 11.4 Å². The Labute approximate surface area is 213 Å². The van der Waals surface area contributed by atoms with Crippen molar-refractivity contribution in [2.45, 2.75) is 51.9 Å². The van der Waals surface area contributed by atoms with Gasteiger partial charge >= 0.3 is 5.97 Å². The van der Waals surface area contributed by atoms with Crippen molar-refractivity contribution >= 4 is 17.3 Å². The second-order valence-electron chi connectivity index (χ2n) is 10.7. The first kappa shape index (κ1) is 24.3. The third-order valence-corrected chi connectivity index (χ3v) is 7.00. The van der Waals surface area contributed by atoms with E-state index in [1.165, 1.54) is 34.0 Å². The smallest absolute Gasteiger partial charge is 0.371 e. The summed E-state index contributed by atoms with van der Waals surface area (Å²) >= 11 is 0. The fourth-order valence-corrected chi connectivity index (χ4v) is 5.47. The molecule has 37 heavy (non-hydrogen) atoms. The second kappa shape index (κ2) is 8.33. The molecule has 4 aromatic rings. The van der Waals surface area contributed by atoms with E-state index in [0.29, 0.717) is 5.69 Å². The highest BCUT2D eigenvalue weighted by molar-refractivity contribution is 5.85. The molecule has 1 aliphatic rings. The Morgan fingerprint density at radius 2 is 1.76 bits per heavy atom. The molecule has 1 aliphatic carbocycles. The highest BCUT2D eigenvalue weighted by atomic mass is 16.4. The van der Waals surface area contributed by atoms with Crippen molar-refractivity contribution in [3.63, 3.8) is 0 Å². The number of furan rings is 1. The first-order valence-corrected chi connectivity index (χ1v) is 11.9. The maximum atomic E-state index is 13.3. The number of para-hydroxylation sites is 1. The van der Waals surface area contributed by atoms with Gasteiger partial charge in [-0.2, -0.15) is 0 Å². The number of H-pyrrole nitrogens is 1. The number of aromatic carboxylic acids is 1. The largest absolute Gasteiger partial charge is 0.505 e. The number of nitrogens with one attached hydrogen (secondary N) is 1. The summed E-state index contributed by atoms with van der Waals surface area (Å²) < 4.78 is 6.75. The maximum Gasteiger partial charge on any atom is 0.371 e. The van der Waals surface area contributed by atoms with Gasteiger partial charge in [0.15, 0.2) is 11.4 Å². The molecule has 0 saturated heterocycles. The molecular weight excluding hydrogens is 472 g/mol. The second-order valence-corrected chi connectivity index (χ2v) is 10.7. The van der Waals surface area contributed by atoms with Crippen molar-refractivity contribution in [1.29, 1.82) is 0 Å². The first-order chi connectivity index (χ1) is 17.4. The minimum absolute atomic E-state index is 0.00953. The van der Waals surface area contributed by atoms with Gasteiger partial charge in [-0.3, -0.25) is 9.89 Å². The maximum absolute atomic E-state index is 13.3. The number of phenolic OH excluding ortho intramolecular Hbond substituents is 1. The molecule has 0 spiro atoms. The molecule has 2 aromatic carbocycles. The molecule has 3 N–H and O–H groups in total. The number of carbonyl (C=O) groups is 1. The van der Waals surface area contributed by atoms with Crippen LogP contribution >= 0.6 is 0 Å². The Bertz CT molecular complexity index is 1630. The number of aromatic amines is 1. The van der Waals surface area contributed by atoms with Gasteiger partial charge in [0, 0.05) is 0 Å². The predicted molar refractivity (Wildman–Crippen MR) is 139 cm³/mol. The number of carboxylic acid groups (broad SMARTS) is 1. The molecule has 0 saturated carbocycles. The van der Waals surface area contributed by atoms with Gasteiger partial charge in [-0.1, -0.05) is 39.8 Å². The zero-order valence-corrected chi connectivity index (χ0v) is 21.3. The molecule has 0 amide bonds. The normalized spacial score (nSPS) is 15.8. The van der Waals surface area contributed by atoms with Crippen molar-refractivity contribution < 1.29 is 19.4 Å². The summed E-state index contributed by atoms with van der Waals surface area (Å²) in [6, 6.07) is 13.6. The summed E-state index contributed by atoms with van der Waals surface area (Å²) in [5, 5.41) is 31.2. The molecule has 5 rings (SSSR count). The van der Waals surface area contributed by atoms with E-state index in [1.54, 1.807) is 19.1 Å². The van der Waals surface area contributed by atoms with Crippen LogP contribution in [-0.4, -0.2) is 26.0 Å². The monoisotopic (exact) mass is 500 g/mol. The quantitative estimate of drug-likeness (QED) is 0.269. The van der Waals surface area contributed by atoms with Crippen LogP contribution in [0.5, 0.6) is 5.75 Å². The molecule has 0 fully saturated rings. The number of aromatic nitrogens is 2. The van der Waals surface area contributed by atoms with Crippen LogP contribution in [0, 0.1) is 6.92 Å². The summed E-state index contributed by atoms with van der Waals surface area (Å²) in [6.45, 7) is 10.7. The van der Waals surface area contributed by atoms with Crippen LogP contribution in [0.3, 0.4) is 0 Å². The number of aryl methyl sites for hydroxylation is 1. The Balaban J connectivity index is 1.50. The topological polar surface area (TPSA) is 133 Å². The number of hydrogen-bond acceptors (Lipinski definition) is 6. The molecule has 190 valence electrons. The zero-order valence-electron chi connectivity index (χ0n) is 21.3. The fourth-order valence-electron chi connectivity index (χ4n) is 5.47. The summed E-state index contributed by atoms with van der Waals surface area (Å²) in [7, 11) is 0. The van der Waals surface area contributed by atoms with E-state index >= 15 is 0 Å². The van der Waals surface area contributed by atoms with Gasteiger partial charge in [-0.15, -0.1) is 10.2 Å². The van der Waals surface area contributed by atoms with Gasteiger partial charge in [0.2, 0.25) is 5.76 Å². The van der Waals surface area contributed by atoms with Crippen LogP contribution in [0.1, 0.15) is 61.5 Å². The third-order valence-electron chi connectivity index (χ3n) is 7.00. The SMILES string of the molecule is Cc1[nH]n(-c2ccc3c(c2)C(C)(C)CC3(C)C)c(=O)c1N=Nc1cccc(-c2ccc(C(=O)O)o2)c1O. The third kappa shape index (κ3) is 4.06. The number of benzene rings is 2. The van der Waals surface area contributed by atoms with Gasteiger partial charge in [0.05, 0.1) is 16.9 Å². The van der Waals surface area contributed by atoms with E-state index in [-0.39, 0.29) is 50.6 Å². The fraction of sp³-hybridized carbons (Fsp3) is 0.286. The van der Waals surface area contributed by atoms with Gasteiger partial charge < -0.3 is 14.6 Å². The average molecular weight is 501 g/mol. The highest BCUT2D eigenvalue weighted by Crippen LogP contribution is 2.49. The highest BCUT2D eigenvalue weighted by Gasteiger charge is 2.41. The molecule has 9 nitrogen and oxygen atoms in total. The van der Waals surface area contributed by atoms with E-state index in [0.717, 1.165) is 12.1 Å². The summed E-state index contributed by atoms with van der Waals surface area (Å²) in [4.78, 5) is 24.4. The molecule has 2 aromatic heterocycles. The molecule has 0 radical (unpaired) electrons. The van der Waals surface area contributed by atoms with E-state index in [2.05, 4.69) is 55.2 Å². The standard InChI is InChI=1S/C28H28N4O5/c1-15-23(30-29-20-8-6-7-17(24(20)33)21-11-12-22(37-21)26(35)36)25(34)32(31-15)16-9-10-18-19(13-16)28(4,5)14-27(18,2)3/h6-13,31,33H,14H2,1-5H3,(H,35,36). The number of phenols is 1. The first-order valence-electron chi connectivity index (χ1n) is 11.9. The molecule has 9 heteroatoms. The lowest BCUT2D eigenvalue weighted by molar-refractivity contribution is 0.0663. The lowest BCUT2D eigenvalue weighted by Gasteiger charge is -2.22. The summed E-state index contributed by atoms with van der Waals surface area (Å²) in [5.41, 5.74) is 3.95.